The molecule has 0 saturated carbocycles. The number of carbonyl (C=O) groups is 3. The standard InChI is InChI=1S/C24H23N3O4S/c1-14-8-15(2)10-18(9-14)26-22(29)13-32-23-20(12-25)19(11-21(28)27-23)16-4-6-17(7-5-16)24(30)31-3/h4-10,19H,11,13H2,1-3H3,(H,26,29)(H,27,28)/t19-/m1/s1. The van der Waals surface area contributed by atoms with Crippen molar-refractivity contribution in [1.82, 2.24) is 5.32 Å². The van der Waals surface area contributed by atoms with Crippen molar-refractivity contribution >= 4 is 35.2 Å². The van der Waals surface area contributed by atoms with Crippen LogP contribution in [0.4, 0.5) is 5.69 Å². The van der Waals surface area contributed by atoms with Gasteiger partial charge in [0.25, 0.3) is 0 Å². The SMILES string of the molecule is COC(=O)c1ccc([C@H]2CC(=O)NC(SCC(=O)Nc3cc(C)cc(C)c3)=C2C#N)cc1. The number of thioether (sulfide) groups is 1. The lowest BCUT2D eigenvalue weighted by Crippen LogP contribution is -2.31. The van der Waals surface area contributed by atoms with E-state index in [0.717, 1.165) is 28.5 Å². The number of benzene rings is 2. The lowest BCUT2D eigenvalue weighted by molar-refractivity contribution is -0.121. The van der Waals surface area contributed by atoms with Crippen molar-refractivity contribution in [2.45, 2.75) is 26.2 Å². The van der Waals surface area contributed by atoms with Gasteiger partial charge in [-0.1, -0.05) is 30.0 Å². The van der Waals surface area contributed by atoms with Gasteiger partial charge in [-0.15, -0.1) is 0 Å². The number of allylic oxidation sites excluding steroid dienone is 1. The molecule has 164 valence electrons. The van der Waals surface area contributed by atoms with Crippen LogP contribution in [0.3, 0.4) is 0 Å². The molecule has 0 radical (unpaired) electrons. The minimum Gasteiger partial charge on any atom is -0.465 e. The number of carbonyl (C=O) groups excluding carboxylic acids is 3. The minimum absolute atomic E-state index is 0.0434. The summed E-state index contributed by atoms with van der Waals surface area (Å²) < 4.78 is 4.70. The van der Waals surface area contributed by atoms with Gasteiger partial charge in [0, 0.05) is 18.0 Å². The third kappa shape index (κ3) is 5.56. The molecule has 7 nitrogen and oxygen atoms in total. The molecule has 1 heterocycles. The molecule has 0 bridgehead atoms. The molecule has 0 aliphatic carbocycles. The zero-order valence-corrected chi connectivity index (χ0v) is 18.8. The fourth-order valence-corrected chi connectivity index (χ4v) is 4.45. The molecule has 0 unspecified atom stereocenters. The van der Waals surface area contributed by atoms with Crippen LogP contribution in [0.25, 0.3) is 0 Å². The van der Waals surface area contributed by atoms with Crippen molar-refractivity contribution in [1.29, 1.82) is 5.26 Å². The smallest absolute Gasteiger partial charge is 0.337 e. The summed E-state index contributed by atoms with van der Waals surface area (Å²) in [5.74, 6) is -1.33. The van der Waals surface area contributed by atoms with E-state index in [1.807, 2.05) is 32.0 Å². The number of nitriles is 1. The molecular weight excluding hydrogens is 426 g/mol. The third-order valence-electron chi connectivity index (χ3n) is 4.94. The average Bonchev–Trinajstić information content (AvgIpc) is 2.76. The van der Waals surface area contributed by atoms with Crippen LogP contribution in [0.1, 0.15) is 39.4 Å². The normalized spacial score (nSPS) is 15.6. The Kier molecular flexibility index (Phi) is 7.33. The van der Waals surface area contributed by atoms with E-state index in [-0.39, 0.29) is 24.0 Å². The monoisotopic (exact) mass is 449 g/mol. The Hall–Kier alpha value is -3.57. The first kappa shape index (κ1) is 23.1. The number of rotatable bonds is 6. The fourth-order valence-electron chi connectivity index (χ4n) is 3.57. The lowest BCUT2D eigenvalue weighted by Gasteiger charge is -2.25. The number of methoxy groups -OCH3 is 1. The number of esters is 1. The molecule has 1 aliphatic heterocycles. The second-order valence-corrected chi connectivity index (χ2v) is 8.47. The highest BCUT2D eigenvalue weighted by molar-refractivity contribution is 8.03. The number of nitrogens with one attached hydrogen (secondary N) is 2. The highest BCUT2D eigenvalue weighted by Crippen LogP contribution is 2.36. The van der Waals surface area contributed by atoms with Gasteiger partial charge in [0.1, 0.15) is 0 Å². The molecule has 2 aromatic rings. The first-order valence-electron chi connectivity index (χ1n) is 9.94. The summed E-state index contributed by atoms with van der Waals surface area (Å²) in [7, 11) is 1.30. The molecule has 2 amide bonds. The number of hydrogen-bond acceptors (Lipinski definition) is 6. The molecule has 2 N–H and O–H groups in total. The van der Waals surface area contributed by atoms with Crippen LogP contribution in [-0.4, -0.2) is 30.6 Å². The highest BCUT2D eigenvalue weighted by atomic mass is 32.2. The molecule has 3 rings (SSSR count). The molecular formula is C24H23N3O4S. The van der Waals surface area contributed by atoms with Gasteiger partial charge in [0.15, 0.2) is 0 Å². The van der Waals surface area contributed by atoms with Crippen LogP contribution < -0.4 is 10.6 Å². The summed E-state index contributed by atoms with van der Waals surface area (Å²) in [5.41, 5.74) is 4.31. The summed E-state index contributed by atoms with van der Waals surface area (Å²) in [6, 6.07) is 14.6. The lowest BCUT2D eigenvalue weighted by atomic mass is 9.87. The maximum atomic E-state index is 12.4. The molecule has 8 heteroatoms. The van der Waals surface area contributed by atoms with Crippen molar-refractivity contribution < 1.29 is 19.1 Å². The molecule has 0 aromatic heterocycles. The largest absolute Gasteiger partial charge is 0.465 e. The molecule has 0 saturated heterocycles. The molecule has 1 atom stereocenters. The number of anilines is 1. The van der Waals surface area contributed by atoms with Crippen LogP contribution >= 0.6 is 11.8 Å². The van der Waals surface area contributed by atoms with E-state index in [9.17, 15) is 19.6 Å². The minimum atomic E-state index is -0.458. The van der Waals surface area contributed by atoms with Gasteiger partial charge in [-0.3, -0.25) is 9.59 Å². The van der Waals surface area contributed by atoms with E-state index < -0.39 is 11.9 Å². The van der Waals surface area contributed by atoms with Crippen LogP contribution in [0.15, 0.2) is 53.1 Å². The zero-order chi connectivity index (χ0) is 23.3. The highest BCUT2D eigenvalue weighted by Gasteiger charge is 2.30. The van der Waals surface area contributed by atoms with E-state index in [0.29, 0.717) is 21.9 Å². The molecule has 1 aliphatic rings. The van der Waals surface area contributed by atoms with Gasteiger partial charge in [0.05, 0.1) is 35.1 Å². The predicted molar refractivity (Wildman–Crippen MR) is 123 cm³/mol. The van der Waals surface area contributed by atoms with Crippen molar-refractivity contribution in [3.05, 3.63) is 75.3 Å². The van der Waals surface area contributed by atoms with E-state index in [1.54, 1.807) is 24.3 Å². The third-order valence-corrected chi connectivity index (χ3v) is 5.96. The van der Waals surface area contributed by atoms with E-state index in [4.69, 9.17) is 4.74 Å². The first-order chi connectivity index (χ1) is 15.3. The predicted octanol–water partition coefficient (Wildman–Crippen LogP) is 3.80. The van der Waals surface area contributed by atoms with Gasteiger partial charge in [-0.2, -0.15) is 5.26 Å². The van der Waals surface area contributed by atoms with Crippen molar-refractivity contribution in [3.63, 3.8) is 0 Å². The maximum Gasteiger partial charge on any atom is 0.337 e. The Balaban J connectivity index is 1.76. The Bertz CT molecular complexity index is 1110. The zero-order valence-electron chi connectivity index (χ0n) is 18.0. The summed E-state index contributed by atoms with van der Waals surface area (Å²) in [6.07, 6.45) is 0.110. The van der Waals surface area contributed by atoms with Gasteiger partial charge in [-0.05, 0) is 54.8 Å². The number of aryl methyl sites for hydroxylation is 2. The molecule has 0 spiro atoms. The Morgan fingerprint density at radius 1 is 1.19 bits per heavy atom. The van der Waals surface area contributed by atoms with Crippen molar-refractivity contribution in [3.8, 4) is 6.07 Å². The topological polar surface area (TPSA) is 108 Å². The Labute approximate surface area is 190 Å². The van der Waals surface area contributed by atoms with Crippen LogP contribution in [0, 0.1) is 25.2 Å². The maximum absolute atomic E-state index is 12.4. The fraction of sp³-hybridized carbons (Fsp3) is 0.250. The van der Waals surface area contributed by atoms with Crippen LogP contribution in [-0.2, 0) is 14.3 Å². The quantitative estimate of drug-likeness (QED) is 0.650. The Morgan fingerprint density at radius 2 is 1.84 bits per heavy atom. The number of hydrogen-bond donors (Lipinski definition) is 2. The summed E-state index contributed by atoms with van der Waals surface area (Å²) in [6.45, 7) is 3.91. The number of ether oxygens (including phenoxy) is 1. The number of nitrogens with zero attached hydrogens (tertiary/aromatic N) is 1. The van der Waals surface area contributed by atoms with E-state index >= 15 is 0 Å². The Morgan fingerprint density at radius 3 is 2.44 bits per heavy atom. The summed E-state index contributed by atoms with van der Waals surface area (Å²) in [4.78, 5) is 36.4. The summed E-state index contributed by atoms with van der Waals surface area (Å²) >= 11 is 1.12. The van der Waals surface area contributed by atoms with Crippen LogP contribution in [0.5, 0.6) is 0 Å². The van der Waals surface area contributed by atoms with Crippen molar-refractivity contribution in [2.24, 2.45) is 0 Å². The van der Waals surface area contributed by atoms with Gasteiger partial charge >= 0.3 is 5.97 Å². The van der Waals surface area contributed by atoms with Gasteiger partial charge < -0.3 is 15.4 Å². The second-order valence-electron chi connectivity index (χ2n) is 7.49. The van der Waals surface area contributed by atoms with Crippen molar-refractivity contribution in [2.75, 3.05) is 18.2 Å². The molecule has 0 fully saturated rings. The first-order valence-corrected chi connectivity index (χ1v) is 10.9. The second kappa shape index (κ2) is 10.2. The molecule has 2 aromatic carbocycles. The molecule has 32 heavy (non-hydrogen) atoms. The van der Waals surface area contributed by atoms with E-state index in [2.05, 4.69) is 16.7 Å². The van der Waals surface area contributed by atoms with Gasteiger partial charge in [-0.25, -0.2) is 4.79 Å². The van der Waals surface area contributed by atoms with Crippen LogP contribution in [0.2, 0.25) is 0 Å². The number of amides is 2. The average molecular weight is 450 g/mol. The van der Waals surface area contributed by atoms with E-state index in [1.165, 1.54) is 7.11 Å². The summed E-state index contributed by atoms with van der Waals surface area (Å²) in [5, 5.41) is 15.7. The van der Waals surface area contributed by atoms with Gasteiger partial charge in [0.2, 0.25) is 11.8 Å².